The van der Waals surface area contributed by atoms with Crippen LogP contribution in [0.2, 0.25) is 10.0 Å². The summed E-state index contributed by atoms with van der Waals surface area (Å²) < 4.78 is 35.6. The number of nitrogens with zero attached hydrogens (tertiary/aromatic N) is 2. The van der Waals surface area contributed by atoms with Gasteiger partial charge in [-0.1, -0.05) is 53.5 Å². The number of benzene rings is 5. The van der Waals surface area contributed by atoms with Crippen molar-refractivity contribution in [1.29, 1.82) is 0 Å². The van der Waals surface area contributed by atoms with E-state index < -0.39 is 36.0 Å². The minimum atomic E-state index is -1.31. The summed E-state index contributed by atoms with van der Waals surface area (Å²) >= 11 is 12.2. The molecule has 13 nitrogen and oxygen atoms in total. The van der Waals surface area contributed by atoms with Crippen LogP contribution < -0.4 is 33.7 Å². The molecule has 8 rings (SSSR count). The van der Waals surface area contributed by atoms with Gasteiger partial charge in [-0.15, -0.1) is 0 Å². The van der Waals surface area contributed by atoms with Gasteiger partial charge in [-0.25, -0.2) is 4.79 Å². The Morgan fingerprint density at radius 1 is 0.815 bits per heavy atom. The molecule has 2 N–H and O–H groups in total. The van der Waals surface area contributed by atoms with Crippen LogP contribution in [0.15, 0.2) is 109 Å². The number of aryl methyl sites for hydroxylation is 1. The molecule has 3 atom stereocenters. The molecular formula is C50H45Cl2N3O10. The Labute approximate surface area is 385 Å². The molecule has 0 saturated carbocycles. The summed E-state index contributed by atoms with van der Waals surface area (Å²) in [5.74, 6) is 1.30. The topological polar surface area (TPSA) is 155 Å². The number of aliphatic carboxylic acids is 1. The molecule has 5 aromatic carbocycles. The minimum Gasteiger partial charge on any atom is -0.493 e. The summed E-state index contributed by atoms with van der Waals surface area (Å²) in [5, 5.41) is 14.0. The molecule has 0 bridgehead atoms. The van der Waals surface area contributed by atoms with Gasteiger partial charge in [0, 0.05) is 42.4 Å². The standard InChI is InChI=1S/C50H45Cl2N3O10/c1-28-29(2)53-18-17-42(28)64-37-11-5-30(6-12-37)20-40(50(58)59)54-48(56)41-21-34-23-45-46(24-35(34)25-55(41)49(57)33-10-16-43(60-3)44(22-33)61-4)65-47(27-63-45)32-8-13-36(14-9-32)62-26-31-7-15-38(51)39(52)19-31/h5-19,22-24,40-41,47H,20-21,25-27H2,1-4H3,(H,54,56)(H,58,59)/t40-,41-,47+/m0/s1. The van der Waals surface area contributed by atoms with Gasteiger partial charge in [0.2, 0.25) is 5.91 Å². The summed E-state index contributed by atoms with van der Waals surface area (Å²) in [7, 11) is 2.96. The van der Waals surface area contributed by atoms with Crippen molar-refractivity contribution in [3.05, 3.63) is 164 Å². The summed E-state index contributed by atoms with van der Waals surface area (Å²) in [4.78, 5) is 47.2. The van der Waals surface area contributed by atoms with Crippen molar-refractivity contribution in [3.8, 4) is 40.2 Å². The highest BCUT2D eigenvalue weighted by molar-refractivity contribution is 6.42. The van der Waals surface area contributed by atoms with Gasteiger partial charge in [0.25, 0.3) is 5.91 Å². The zero-order valence-corrected chi connectivity index (χ0v) is 37.4. The van der Waals surface area contributed by atoms with E-state index in [1.165, 1.54) is 19.1 Å². The third-order valence-electron chi connectivity index (χ3n) is 11.5. The number of carboxylic acid groups (broad SMARTS) is 1. The van der Waals surface area contributed by atoms with Crippen molar-refractivity contribution in [1.82, 2.24) is 15.2 Å². The number of carbonyl (C=O) groups excluding carboxylic acids is 2. The largest absolute Gasteiger partial charge is 0.493 e. The molecule has 15 heteroatoms. The molecule has 0 aliphatic carbocycles. The van der Waals surface area contributed by atoms with Crippen molar-refractivity contribution in [2.75, 3.05) is 20.8 Å². The van der Waals surface area contributed by atoms with Gasteiger partial charge in [-0.05, 0) is 114 Å². The first-order valence-corrected chi connectivity index (χ1v) is 21.5. The molecule has 2 aliphatic rings. The van der Waals surface area contributed by atoms with Crippen LogP contribution in [0.5, 0.6) is 40.2 Å². The molecule has 0 unspecified atom stereocenters. The van der Waals surface area contributed by atoms with Crippen molar-refractivity contribution >= 4 is 41.0 Å². The molecule has 0 fully saturated rings. The average molecular weight is 919 g/mol. The van der Waals surface area contributed by atoms with Crippen LogP contribution in [0.1, 0.15) is 55.5 Å². The summed E-state index contributed by atoms with van der Waals surface area (Å²) in [5.41, 5.74) is 5.91. The van der Waals surface area contributed by atoms with E-state index in [1.54, 1.807) is 66.9 Å². The van der Waals surface area contributed by atoms with Crippen LogP contribution in [0.25, 0.3) is 0 Å². The molecule has 2 aliphatic heterocycles. The highest BCUT2D eigenvalue weighted by atomic mass is 35.5. The monoisotopic (exact) mass is 917 g/mol. The second-order valence-corrected chi connectivity index (χ2v) is 16.5. The zero-order chi connectivity index (χ0) is 45.8. The summed E-state index contributed by atoms with van der Waals surface area (Å²) in [6.07, 6.45) is 1.29. The number of hydrogen-bond donors (Lipinski definition) is 2. The predicted octanol–water partition coefficient (Wildman–Crippen LogP) is 9.29. The van der Waals surface area contributed by atoms with E-state index in [1.807, 2.05) is 56.3 Å². The lowest BCUT2D eigenvalue weighted by atomic mass is 9.91. The quantitative estimate of drug-likeness (QED) is 0.107. The number of ether oxygens (including phenoxy) is 6. The highest BCUT2D eigenvalue weighted by Crippen LogP contribution is 2.41. The highest BCUT2D eigenvalue weighted by Gasteiger charge is 2.38. The van der Waals surface area contributed by atoms with E-state index in [9.17, 15) is 19.5 Å². The molecule has 65 heavy (non-hydrogen) atoms. The number of amides is 2. The number of pyridine rings is 1. The second-order valence-electron chi connectivity index (χ2n) is 15.7. The van der Waals surface area contributed by atoms with Gasteiger partial charge in [-0.3, -0.25) is 14.6 Å². The fourth-order valence-electron chi connectivity index (χ4n) is 7.72. The molecule has 6 aromatic rings. The van der Waals surface area contributed by atoms with E-state index in [0.29, 0.717) is 62.5 Å². The number of carbonyl (C=O) groups is 3. The SMILES string of the molecule is COc1ccc(C(=O)N2Cc3cc4c(cc3C[C@H]2C(=O)N[C@@H](Cc2ccc(Oc3ccnc(C)c3C)cc2)C(=O)O)OC[C@H](c2ccc(OCc3ccc(Cl)c(Cl)c3)cc2)O4)cc1OC. The lowest BCUT2D eigenvalue weighted by Gasteiger charge is -2.37. The van der Waals surface area contributed by atoms with Crippen LogP contribution in [0, 0.1) is 13.8 Å². The summed E-state index contributed by atoms with van der Waals surface area (Å²) in [6.45, 7) is 4.37. The van der Waals surface area contributed by atoms with Gasteiger partial charge >= 0.3 is 5.97 Å². The van der Waals surface area contributed by atoms with E-state index >= 15 is 0 Å². The van der Waals surface area contributed by atoms with Crippen LogP contribution in [-0.4, -0.2) is 65.7 Å². The molecule has 334 valence electrons. The second kappa shape index (κ2) is 19.4. The Hall–Kier alpha value is -6.96. The number of methoxy groups -OCH3 is 2. The van der Waals surface area contributed by atoms with Gasteiger partial charge in [0.1, 0.15) is 42.5 Å². The fraction of sp³-hybridized carbons (Fsp3) is 0.240. The lowest BCUT2D eigenvalue weighted by Crippen LogP contribution is -2.56. The predicted molar refractivity (Wildman–Crippen MR) is 243 cm³/mol. The third-order valence-corrected chi connectivity index (χ3v) is 12.2. The number of aromatic nitrogens is 1. The van der Waals surface area contributed by atoms with Crippen LogP contribution in [0.4, 0.5) is 0 Å². The Morgan fingerprint density at radius 2 is 1.54 bits per heavy atom. The Kier molecular flexibility index (Phi) is 13.3. The van der Waals surface area contributed by atoms with E-state index in [0.717, 1.165) is 33.5 Å². The number of rotatable bonds is 14. The van der Waals surface area contributed by atoms with Crippen molar-refractivity contribution in [2.45, 2.75) is 58.0 Å². The number of hydrogen-bond acceptors (Lipinski definition) is 10. The van der Waals surface area contributed by atoms with Crippen molar-refractivity contribution in [2.24, 2.45) is 0 Å². The van der Waals surface area contributed by atoms with Gasteiger partial charge in [0.05, 0.1) is 24.3 Å². The first kappa shape index (κ1) is 44.6. The van der Waals surface area contributed by atoms with E-state index in [4.69, 9.17) is 51.6 Å². The maximum atomic E-state index is 14.5. The van der Waals surface area contributed by atoms with Crippen LogP contribution >= 0.6 is 23.2 Å². The third kappa shape index (κ3) is 10.1. The van der Waals surface area contributed by atoms with E-state index in [2.05, 4.69) is 10.3 Å². The fourth-order valence-corrected chi connectivity index (χ4v) is 8.05. The maximum Gasteiger partial charge on any atom is 0.326 e. The molecule has 1 aromatic heterocycles. The van der Waals surface area contributed by atoms with E-state index in [-0.39, 0.29) is 31.6 Å². The Morgan fingerprint density at radius 3 is 2.26 bits per heavy atom. The molecular weight excluding hydrogens is 873 g/mol. The Bertz CT molecular complexity index is 2750. The normalized spacial score (nSPS) is 15.6. The van der Waals surface area contributed by atoms with Crippen molar-refractivity contribution in [3.63, 3.8) is 0 Å². The van der Waals surface area contributed by atoms with Gasteiger partial charge in [-0.2, -0.15) is 0 Å². The lowest BCUT2D eigenvalue weighted by molar-refractivity contribution is -0.142. The zero-order valence-electron chi connectivity index (χ0n) is 35.9. The molecule has 0 radical (unpaired) electrons. The Balaban J connectivity index is 1.00. The smallest absolute Gasteiger partial charge is 0.326 e. The number of fused-ring (bicyclic) bond motifs is 2. The molecule has 2 amide bonds. The van der Waals surface area contributed by atoms with Crippen molar-refractivity contribution < 1.29 is 47.9 Å². The molecule has 3 heterocycles. The minimum absolute atomic E-state index is 0.0163. The first-order valence-electron chi connectivity index (χ1n) is 20.7. The summed E-state index contributed by atoms with van der Waals surface area (Å²) in [6, 6.07) is 27.7. The van der Waals surface area contributed by atoms with Gasteiger partial charge in [0.15, 0.2) is 29.1 Å². The maximum absolute atomic E-state index is 14.5. The molecule has 0 saturated heterocycles. The average Bonchev–Trinajstić information content (AvgIpc) is 3.32. The van der Waals surface area contributed by atoms with Crippen LogP contribution in [-0.2, 0) is 35.6 Å². The van der Waals surface area contributed by atoms with Gasteiger partial charge < -0.3 is 43.7 Å². The number of nitrogens with one attached hydrogen (secondary N) is 1. The number of carboxylic acids is 1. The molecule has 0 spiro atoms. The first-order chi connectivity index (χ1) is 31.4. The van der Waals surface area contributed by atoms with Crippen LogP contribution in [0.3, 0.4) is 0 Å². The number of halogens is 2.